The lowest BCUT2D eigenvalue weighted by Crippen LogP contribution is -2.30. The molecule has 1 amide bonds. The minimum atomic E-state index is 0.128. The molecule has 0 heterocycles. The molecule has 1 fully saturated rings. The number of carbonyl (C=O) groups excluding carboxylic acids is 1. The van der Waals surface area contributed by atoms with Crippen LogP contribution >= 0.6 is 0 Å². The zero-order chi connectivity index (χ0) is 8.97. The Labute approximate surface area is 73.0 Å². The Morgan fingerprint density at radius 3 is 2.92 bits per heavy atom. The van der Waals surface area contributed by atoms with E-state index in [1.54, 1.807) is 6.08 Å². The Balaban J connectivity index is 2.28. The highest BCUT2D eigenvalue weighted by molar-refractivity contribution is 5.79. The highest BCUT2D eigenvalue weighted by Crippen LogP contribution is 2.23. The molecule has 3 heteroatoms. The molecule has 3 N–H and O–H groups in total. The number of amides is 1. The van der Waals surface area contributed by atoms with Crippen LogP contribution in [0, 0.1) is 5.92 Å². The first-order valence-electron chi connectivity index (χ1n) is 4.38. The van der Waals surface area contributed by atoms with Crippen LogP contribution in [0.4, 0.5) is 0 Å². The maximum absolute atomic E-state index is 11.3. The molecule has 0 aromatic carbocycles. The average Bonchev–Trinajstić information content (AvgIpc) is 2.47. The highest BCUT2D eigenvalue weighted by atomic mass is 16.1. The van der Waals surface area contributed by atoms with Crippen molar-refractivity contribution in [2.24, 2.45) is 11.7 Å². The average molecular weight is 168 g/mol. The number of hydrogen-bond acceptors (Lipinski definition) is 2. The first-order valence-corrected chi connectivity index (χ1v) is 4.38. The van der Waals surface area contributed by atoms with Crippen molar-refractivity contribution in [1.82, 2.24) is 5.32 Å². The molecular formula is C9H16N2O. The van der Waals surface area contributed by atoms with Gasteiger partial charge in [-0.15, -0.1) is 6.58 Å². The van der Waals surface area contributed by atoms with Crippen LogP contribution in [-0.4, -0.2) is 18.5 Å². The van der Waals surface area contributed by atoms with Crippen LogP contribution in [-0.2, 0) is 4.79 Å². The number of nitrogens with one attached hydrogen (secondary N) is 1. The number of nitrogens with two attached hydrogens (primary N) is 1. The molecule has 1 saturated carbocycles. The fourth-order valence-electron chi connectivity index (χ4n) is 1.57. The third kappa shape index (κ3) is 2.34. The molecule has 1 aliphatic carbocycles. The Kier molecular flexibility index (Phi) is 3.29. The second-order valence-electron chi connectivity index (χ2n) is 3.30. The predicted molar refractivity (Wildman–Crippen MR) is 48.5 cm³/mol. The zero-order valence-corrected chi connectivity index (χ0v) is 7.25. The van der Waals surface area contributed by atoms with Gasteiger partial charge in [-0.3, -0.25) is 4.79 Å². The zero-order valence-electron chi connectivity index (χ0n) is 7.25. The minimum absolute atomic E-state index is 0.128. The highest BCUT2D eigenvalue weighted by Gasteiger charge is 2.26. The molecule has 2 unspecified atom stereocenters. The van der Waals surface area contributed by atoms with E-state index in [0.717, 1.165) is 19.3 Å². The van der Waals surface area contributed by atoms with E-state index in [4.69, 9.17) is 5.73 Å². The second kappa shape index (κ2) is 4.26. The smallest absolute Gasteiger partial charge is 0.223 e. The summed E-state index contributed by atoms with van der Waals surface area (Å²) in [6.45, 7) is 4.09. The first kappa shape index (κ1) is 9.26. The van der Waals surface area contributed by atoms with E-state index in [-0.39, 0.29) is 17.9 Å². The van der Waals surface area contributed by atoms with Gasteiger partial charge in [0.15, 0.2) is 0 Å². The maximum Gasteiger partial charge on any atom is 0.223 e. The second-order valence-corrected chi connectivity index (χ2v) is 3.30. The largest absolute Gasteiger partial charge is 0.352 e. The molecule has 2 atom stereocenters. The Bertz CT molecular complexity index is 179. The van der Waals surface area contributed by atoms with Gasteiger partial charge in [0.25, 0.3) is 0 Å². The number of hydrogen-bond donors (Lipinski definition) is 2. The minimum Gasteiger partial charge on any atom is -0.352 e. The van der Waals surface area contributed by atoms with Gasteiger partial charge in [0.2, 0.25) is 5.91 Å². The summed E-state index contributed by atoms with van der Waals surface area (Å²) < 4.78 is 0. The molecule has 0 aromatic heterocycles. The molecule has 1 rings (SSSR count). The maximum atomic E-state index is 11.3. The van der Waals surface area contributed by atoms with Gasteiger partial charge in [-0.05, 0) is 19.3 Å². The predicted octanol–water partition coefficient (Wildman–Crippen LogP) is 0.416. The van der Waals surface area contributed by atoms with Gasteiger partial charge in [-0.2, -0.15) is 0 Å². The first-order chi connectivity index (χ1) is 5.74. The van der Waals surface area contributed by atoms with Gasteiger partial charge in [0.05, 0.1) is 0 Å². The summed E-state index contributed by atoms with van der Waals surface area (Å²) in [6, 6.07) is 0.226. The van der Waals surface area contributed by atoms with Gasteiger partial charge >= 0.3 is 0 Å². The van der Waals surface area contributed by atoms with Crippen LogP contribution in [0.3, 0.4) is 0 Å². The fraction of sp³-hybridized carbons (Fsp3) is 0.667. The monoisotopic (exact) mass is 168 g/mol. The third-order valence-corrected chi connectivity index (χ3v) is 2.26. The van der Waals surface area contributed by atoms with Gasteiger partial charge in [0.1, 0.15) is 0 Å². The van der Waals surface area contributed by atoms with Gasteiger partial charge in [-0.25, -0.2) is 0 Å². The van der Waals surface area contributed by atoms with Crippen molar-refractivity contribution in [3.05, 3.63) is 12.7 Å². The summed E-state index contributed by atoms with van der Waals surface area (Å²) in [4.78, 5) is 11.3. The van der Waals surface area contributed by atoms with Crippen LogP contribution in [0.25, 0.3) is 0 Å². The third-order valence-electron chi connectivity index (χ3n) is 2.26. The lowest BCUT2D eigenvalue weighted by Gasteiger charge is -2.08. The van der Waals surface area contributed by atoms with Crippen molar-refractivity contribution >= 4 is 5.91 Å². The molecule has 0 aliphatic heterocycles. The summed E-state index contributed by atoms with van der Waals surface area (Å²) in [5.74, 6) is 0.266. The van der Waals surface area contributed by atoms with Crippen molar-refractivity contribution < 1.29 is 4.79 Å². The summed E-state index contributed by atoms with van der Waals surface area (Å²) >= 11 is 0. The van der Waals surface area contributed by atoms with Crippen LogP contribution in [0.1, 0.15) is 19.3 Å². The molecule has 1 aliphatic rings. The van der Waals surface area contributed by atoms with E-state index >= 15 is 0 Å². The molecule has 68 valence electrons. The fourth-order valence-corrected chi connectivity index (χ4v) is 1.57. The van der Waals surface area contributed by atoms with Crippen LogP contribution in [0.5, 0.6) is 0 Å². The van der Waals surface area contributed by atoms with Crippen LogP contribution < -0.4 is 11.1 Å². The summed E-state index contributed by atoms with van der Waals surface area (Å²) in [7, 11) is 0. The molecule has 0 aromatic rings. The van der Waals surface area contributed by atoms with Crippen LogP contribution in [0.2, 0.25) is 0 Å². The molecule has 12 heavy (non-hydrogen) atoms. The molecule has 0 bridgehead atoms. The van der Waals surface area contributed by atoms with E-state index in [1.807, 2.05) is 0 Å². The summed E-state index contributed by atoms with van der Waals surface area (Å²) in [5, 5.41) is 2.78. The van der Waals surface area contributed by atoms with Gasteiger partial charge in [0, 0.05) is 18.5 Å². The van der Waals surface area contributed by atoms with E-state index in [0.29, 0.717) is 6.54 Å². The normalized spacial score (nSPS) is 28.4. The quantitative estimate of drug-likeness (QED) is 0.600. The van der Waals surface area contributed by atoms with Crippen molar-refractivity contribution in [2.75, 3.05) is 6.54 Å². The SMILES string of the molecule is C=CCNC(=O)C1CCC(N)C1. The standard InChI is InChI=1S/C9H16N2O/c1-2-5-11-9(12)7-3-4-8(10)6-7/h2,7-8H,1,3-6,10H2,(H,11,12). The number of carbonyl (C=O) groups is 1. The van der Waals surface area contributed by atoms with Crippen molar-refractivity contribution in [2.45, 2.75) is 25.3 Å². The lowest BCUT2D eigenvalue weighted by molar-refractivity contribution is -0.124. The van der Waals surface area contributed by atoms with Gasteiger partial charge in [-0.1, -0.05) is 6.08 Å². The van der Waals surface area contributed by atoms with Crippen LogP contribution in [0.15, 0.2) is 12.7 Å². The van der Waals surface area contributed by atoms with E-state index in [2.05, 4.69) is 11.9 Å². The van der Waals surface area contributed by atoms with E-state index < -0.39 is 0 Å². The van der Waals surface area contributed by atoms with E-state index in [1.165, 1.54) is 0 Å². The number of rotatable bonds is 3. The Morgan fingerprint density at radius 2 is 2.42 bits per heavy atom. The molecule has 3 nitrogen and oxygen atoms in total. The summed E-state index contributed by atoms with van der Waals surface area (Å²) in [5.41, 5.74) is 5.69. The molecule has 0 spiro atoms. The molecule has 0 saturated heterocycles. The van der Waals surface area contributed by atoms with Crippen molar-refractivity contribution in [3.8, 4) is 0 Å². The lowest BCUT2D eigenvalue weighted by atomic mass is 10.1. The Hall–Kier alpha value is -0.830. The molecular weight excluding hydrogens is 152 g/mol. The van der Waals surface area contributed by atoms with E-state index in [9.17, 15) is 4.79 Å². The van der Waals surface area contributed by atoms with Crippen molar-refractivity contribution in [3.63, 3.8) is 0 Å². The summed E-state index contributed by atoms with van der Waals surface area (Å²) in [6.07, 6.45) is 4.44. The van der Waals surface area contributed by atoms with Gasteiger partial charge < -0.3 is 11.1 Å². The Morgan fingerprint density at radius 1 is 1.67 bits per heavy atom. The molecule has 0 radical (unpaired) electrons. The topological polar surface area (TPSA) is 55.1 Å². The van der Waals surface area contributed by atoms with Crippen molar-refractivity contribution in [1.29, 1.82) is 0 Å².